The summed E-state index contributed by atoms with van der Waals surface area (Å²) in [6, 6.07) is 6.11. The first kappa shape index (κ1) is 13.8. The summed E-state index contributed by atoms with van der Waals surface area (Å²) in [7, 11) is 0. The highest BCUT2D eigenvalue weighted by atomic mass is 16.3. The predicted molar refractivity (Wildman–Crippen MR) is 77.2 cm³/mol. The Hall–Kier alpha value is -1.61. The maximum atomic E-state index is 10.4. The van der Waals surface area contributed by atoms with E-state index in [1.54, 1.807) is 6.20 Å². The van der Waals surface area contributed by atoms with E-state index in [1.807, 2.05) is 19.1 Å². The van der Waals surface area contributed by atoms with Crippen molar-refractivity contribution >= 4 is 0 Å². The molecule has 0 bridgehead atoms. The quantitative estimate of drug-likeness (QED) is 0.863. The van der Waals surface area contributed by atoms with E-state index in [4.69, 9.17) is 0 Å². The number of H-pyrrole nitrogens is 1. The molecule has 1 atom stereocenters. The number of hydrogen-bond donors (Lipinski definition) is 2. The van der Waals surface area contributed by atoms with Gasteiger partial charge in [-0.15, -0.1) is 0 Å². The van der Waals surface area contributed by atoms with Crippen molar-refractivity contribution in [1.82, 2.24) is 9.97 Å². The Morgan fingerprint density at radius 1 is 1.32 bits per heavy atom. The average molecular weight is 258 g/mol. The fourth-order valence-corrected chi connectivity index (χ4v) is 2.29. The molecule has 1 aromatic heterocycles. The molecule has 0 radical (unpaired) electrons. The van der Waals surface area contributed by atoms with E-state index in [-0.39, 0.29) is 0 Å². The third kappa shape index (κ3) is 3.24. The van der Waals surface area contributed by atoms with E-state index in [9.17, 15) is 5.11 Å². The summed E-state index contributed by atoms with van der Waals surface area (Å²) in [5.41, 5.74) is 4.04. The van der Waals surface area contributed by atoms with Gasteiger partial charge in [-0.2, -0.15) is 0 Å². The first-order valence-corrected chi connectivity index (χ1v) is 6.90. The van der Waals surface area contributed by atoms with Crippen molar-refractivity contribution in [2.45, 2.75) is 46.1 Å². The first-order valence-electron chi connectivity index (χ1n) is 6.90. The van der Waals surface area contributed by atoms with Gasteiger partial charge in [0.25, 0.3) is 0 Å². The Labute approximate surface area is 114 Å². The number of aryl methyl sites for hydroxylation is 3. The molecule has 3 nitrogen and oxygen atoms in total. The highest BCUT2D eigenvalue weighted by molar-refractivity contribution is 5.35. The topological polar surface area (TPSA) is 48.9 Å². The molecule has 1 unspecified atom stereocenters. The van der Waals surface area contributed by atoms with Crippen molar-refractivity contribution in [3.05, 3.63) is 52.6 Å². The van der Waals surface area contributed by atoms with Gasteiger partial charge in [0.1, 0.15) is 11.9 Å². The summed E-state index contributed by atoms with van der Waals surface area (Å²) >= 11 is 0. The summed E-state index contributed by atoms with van der Waals surface area (Å²) < 4.78 is 0. The lowest BCUT2D eigenvalue weighted by atomic mass is 9.99. The average Bonchev–Trinajstić information content (AvgIpc) is 2.84. The fourth-order valence-electron chi connectivity index (χ4n) is 2.29. The highest BCUT2D eigenvalue weighted by Crippen LogP contribution is 2.24. The number of benzene rings is 1. The summed E-state index contributed by atoms with van der Waals surface area (Å²) in [5.74, 6) is 0.959. The number of unbranched alkanes of at least 4 members (excludes halogenated alkanes) is 1. The molecule has 1 aromatic carbocycles. The smallest absolute Gasteiger partial charge is 0.121 e. The molecule has 3 heteroatoms. The first-order chi connectivity index (χ1) is 9.11. The predicted octanol–water partition coefficient (Wildman–Crippen LogP) is 3.45. The van der Waals surface area contributed by atoms with Gasteiger partial charge in [-0.05, 0) is 31.4 Å². The van der Waals surface area contributed by atoms with E-state index in [0.717, 1.165) is 41.9 Å². The van der Waals surface area contributed by atoms with Crippen LogP contribution in [0.4, 0.5) is 0 Å². The Kier molecular flexibility index (Phi) is 4.38. The van der Waals surface area contributed by atoms with Crippen LogP contribution in [0.3, 0.4) is 0 Å². The van der Waals surface area contributed by atoms with E-state index in [2.05, 4.69) is 29.9 Å². The summed E-state index contributed by atoms with van der Waals surface area (Å²) in [6.07, 6.45) is 4.33. The lowest BCUT2D eigenvalue weighted by molar-refractivity contribution is 0.215. The van der Waals surface area contributed by atoms with E-state index >= 15 is 0 Å². The molecule has 2 rings (SSSR count). The second kappa shape index (κ2) is 6.02. The van der Waals surface area contributed by atoms with Gasteiger partial charge in [-0.1, -0.05) is 37.1 Å². The van der Waals surface area contributed by atoms with Crippen molar-refractivity contribution in [1.29, 1.82) is 0 Å². The van der Waals surface area contributed by atoms with Crippen LogP contribution in [-0.2, 0) is 6.42 Å². The number of rotatable bonds is 5. The van der Waals surface area contributed by atoms with Crippen LogP contribution in [0.5, 0.6) is 0 Å². The Morgan fingerprint density at radius 3 is 2.79 bits per heavy atom. The van der Waals surface area contributed by atoms with Gasteiger partial charge in [-0.3, -0.25) is 0 Å². The minimum Gasteiger partial charge on any atom is -0.382 e. The van der Waals surface area contributed by atoms with Gasteiger partial charge in [0.05, 0.1) is 11.9 Å². The van der Waals surface area contributed by atoms with E-state index in [0.29, 0.717) is 0 Å². The molecule has 0 amide bonds. The lowest BCUT2D eigenvalue weighted by Gasteiger charge is -2.12. The molecule has 0 saturated heterocycles. The van der Waals surface area contributed by atoms with E-state index in [1.165, 1.54) is 5.56 Å². The molecule has 0 aliphatic carbocycles. The third-order valence-electron chi connectivity index (χ3n) is 3.43. The Morgan fingerprint density at radius 2 is 2.11 bits per heavy atom. The van der Waals surface area contributed by atoms with Gasteiger partial charge >= 0.3 is 0 Å². The number of hydrogen-bond acceptors (Lipinski definition) is 2. The SMILES string of the molecule is CCCCc1ncc(C(O)c2ccc(C)cc2C)[nH]1. The maximum absolute atomic E-state index is 10.4. The number of nitrogens with one attached hydrogen (secondary N) is 1. The monoisotopic (exact) mass is 258 g/mol. The van der Waals surface area contributed by atoms with Gasteiger partial charge < -0.3 is 10.1 Å². The number of imidazole rings is 1. The molecule has 0 saturated carbocycles. The molecule has 1 heterocycles. The number of aromatic nitrogens is 2. The molecule has 2 aromatic rings. The molecule has 0 fully saturated rings. The van der Waals surface area contributed by atoms with Gasteiger partial charge in [0.2, 0.25) is 0 Å². The van der Waals surface area contributed by atoms with Crippen molar-refractivity contribution in [2.75, 3.05) is 0 Å². The number of nitrogens with zero attached hydrogens (tertiary/aromatic N) is 1. The summed E-state index contributed by atoms with van der Waals surface area (Å²) in [4.78, 5) is 7.56. The number of aliphatic hydroxyl groups excluding tert-OH is 1. The van der Waals surface area contributed by atoms with Crippen molar-refractivity contribution < 1.29 is 5.11 Å². The molecular formula is C16H22N2O. The molecule has 0 spiro atoms. The van der Waals surface area contributed by atoms with Crippen LogP contribution in [0.1, 0.15) is 54.1 Å². The standard InChI is InChI=1S/C16H22N2O/c1-4-5-6-15-17-10-14(18-15)16(19)13-8-7-11(2)9-12(13)3/h7-10,16,19H,4-6H2,1-3H3,(H,17,18). The number of aromatic amines is 1. The van der Waals surface area contributed by atoms with Crippen LogP contribution < -0.4 is 0 Å². The molecule has 19 heavy (non-hydrogen) atoms. The maximum Gasteiger partial charge on any atom is 0.121 e. The highest BCUT2D eigenvalue weighted by Gasteiger charge is 2.15. The van der Waals surface area contributed by atoms with Crippen molar-refractivity contribution in [3.8, 4) is 0 Å². The minimum absolute atomic E-state index is 0.622. The molecular weight excluding hydrogens is 236 g/mol. The normalized spacial score (nSPS) is 12.6. The van der Waals surface area contributed by atoms with Gasteiger partial charge in [0, 0.05) is 6.42 Å². The van der Waals surface area contributed by atoms with E-state index < -0.39 is 6.10 Å². The van der Waals surface area contributed by atoms with Crippen molar-refractivity contribution in [2.24, 2.45) is 0 Å². The van der Waals surface area contributed by atoms with Gasteiger partial charge in [0.15, 0.2) is 0 Å². The molecule has 0 aliphatic rings. The fraction of sp³-hybridized carbons (Fsp3) is 0.438. The van der Waals surface area contributed by atoms with Crippen LogP contribution in [0.2, 0.25) is 0 Å². The molecule has 2 N–H and O–H groups in total. The van der Waals surface area contributed by atoms with Gasteiger partial charge in [-0.25, -0.2) is 4.98 Å². The lowest BCUT2D eigenvalue weighted by Crippen LogP contribution is -2.03. The Bertz CT molecular complexity index is 545. The van der Waals surface area contributed by atoms with Crippen molar-refractivity contribution in [3.63, 3.8) is 0 Å². The third-order valence-corrected chi connectivity index (χ3v) is 3.43. The number of aliphatic hydroxyl groups is 1. The van der Waals surface area contributed by atoms with Crippen LogP contribution in [0, 0.1) is 13.8 Å². The second-order valence-electron chi connectivity index (χ2n) is 5.15. The van der Waals surface area contributed by atoms with Crippen LogP contribution in [0.25, 0.3) is 0 Å². The molecule has 0 aliphatic heterocycles. The zero-order chi connectivity index (χ0) is 13.8. The Balaban J connectivity index is 2.18. The minimum atomic E-state index is -0.622. The zero-order valence-electron chi connectivity index (χ0n) is 11.9. The summed E-state index contributed by atoms with van der Waals surface area (Å²) in [5, 5.41) is 10.4. The van der Waals surface area contributed by atoms with Crippen LogP contribution >= 0.6 is 0 Å². The largest absolute Gasteiger partial charge is 0.382 e. The van der Waals surface area contributed by atoms with Crippen LogP contribution in [0.15, 0.2) is 24.4 Å². The zero-order valence-corrected chi connectivity index (χ0v) is 11.9. The molecule has 102 valence electrons. The second-order valence-corrected chi connectivity index (χ2v) is 5.15. The van der Waals surface area contributed by atoms with Crippen LogP contribution in [-0.4, -0.2) is 15.1 Å². The summed E-state index contributed by atoms with van der Waals surface area (Å²) in [6.45, 7) is 6.25.